The number of oxazole rings is 1. The first-order valence-electron chi connectivity index (χ1n) is 8.38. The summed E-state index contributed by atoms with van der Waals surface area (Å²) in [6, 6.07) is 12.4. The Hall–Kier alpha value is -3.68. The number of benzene rings is 2. The van der Waals surface area contributed by atoms with E-state index in [1.54, 1.807) is 25.2 Å². The van der Waals surface area contributed by atoms with Gasteiger partial charge in [0.05, 0.1) is 17.6 Å². The largest absolute Gasteiger partial charge is 0.419 e. The van der Waals surface area contributed by atoms with Crippen LogP contribution >= 0.6 is 0 Å². The molecule has 0 radical (unpaired) electrons. The number of anilines is 1. The number of hydrogen-bond acceptors (Lipinski definition) is 5. The first-order valence-corrected chi connectivity index (χ1v) is 8.38. The minimum Gasteiger partial charge on any atom is -0.408 e. The molecule has 2 N–H and O–H groups in total. The molecule has 4 rings (SSSR count). The molecule has 0 saturated heterocycles. The maximum Gasteiger partial charge on any atom is 0.419 e. The number of aromatic nitrogens is 3. The molecule has 0 spiro atoms. The van der Waals surface area contributed by atoms with Gasteiger partial charge < -0.3 is 15.1 Å². The van der Waals surface area contributed by atoms with Crippen LogP contribution in [0.25, 0.3) is 22.0 Å². The summed E-state index contributed by atoms with van der Waals surface area (Å²) in [5.41, 5.74) is 3.29. The Bertz CT molecular complexity index is 1230. The van der Waals surface area contributed by atoms with Crippen LogP contribution in [0.1, 0.15) is 11.5 Å². The van der Waals surface area contributed by atoms with Crippen molar-refractivity contribution in [3.05, 3.63) is 64.5 Å². The van der Waals surface area contributed by atoms with E-state index in [1.807, 2.05) is 31.2 Å². The van der Waals surface area contributed by atoms with Gasteiger partial charge in [-0.3, -0.25) is 4.57 Å². The lowest BCUT2D eigenvalue weighted by atomic mass is 10.2. The van der Waals surface area contributed by atoms with Crippen molar-refractivity contribution in [3.63, 3.8) is 0 Å². The second-order valence-corrected chi connectivity index (χ2v) is 6.16. The summed E-state index contributed by atoms with van der Waals surface area (Å²) in [5, 5.41) is 6.43. The highest BCUT2D eigenvalue weighted by atomic mass is 16.4. The lowest BCUT2D eigenvalue weighted by molar-refractivity contribution is 0.251. The summed E-state index contributed by atoms with van der Waals surface area (Å²) >= 11 is 0. The van der Waals surface area contributed by atoms with Crippen LogP contribution in [0.3, 0.4) is 0 Å². The second-order valence-electron chi connectivity index (χ2n) is 6.16. The predicted octanol–water partition coefficient (Wildman–Crippen LogP) is 2.70. The summed E-state index contributed by atoms with van der Waals surface area (Å²) in [7, 11) is 1.62. The van der Waals surface area contributed by atoms with Crippen molar-refractivity contribution < 1.29 is 9.21 Å². The molecule has 27 heavy (non-hydrogen) atoms. The third-order valence-corrected chi connectivity index (χ3v) is 4.30. The van der Waals surface area contributed by atoms with Gasteiger partial charge in [0.15, 0.2) is 5.58 Å². The van der Waals surface area contributed by atoms with E-state index in [2.05, 4.69) is 20.6 Å². The Labute approximate surface area is 153 Å². The molecule has 2 amide bonds. The minimum atomic E-state index is -0.449. The Morgan fingerprint density at radius 3 is 2.85 bits per heavy atom. The molecule has 2 aromatic carbocycles. The second kappa shape index (κ2) is 6.56. The number of carbonyl (C=O) groups is 1. The predicted molar refractivity (Wildman–Crippen MR) is 102 cm³/mol. The third-order valence-electron chi connectivity index (χ3n) is 4.30. The maximum atomic E-state index is 12.2. The molecule has 8 nitrogen and oxygen atoms in total. The zero-order valence-electron chi connectivity index (χ0n) is 14.8. The van der Waals surface area contributed by atoms with Crippen molar-refractivity contribution in [2.45, 2.75) is 13.5 Å². The molecule has 0 saturated carbocycles. The molecular weight excluding hydrogens is 346 g/mol. The molecule has 8 heteroatoms. The van der Waals surface area contributed by atoms with Crippen molar-refractivity contribution in [1.82, 2.24) is 19.9 Å². The van der Waals surface area contributed by atoms with Gasteiger partial charge in [-0.1, -0.05) is 18.2 Å². The summed E-state index contributed by atoms with van der Waals surface area (Å²) in [6.07, 6.45) is 0. The lowest BCUT2D eigenvalue weighted by Crippen LogP contribution is -2.29. The van der Waals surface area contributed by atoms with E-state index in [4.69, 9.17) is 4.42 Å². The lowest BCUT2D eigenvalue weighted by Gasteiger charge is -2.08. The highest BCUT2D eigenvalue weighted by Gasteiger charge is 2.09. The molecule has 136 valence electrons. The Morgan fingerprint density at radius 1 is 1.19 bits per heavy atom. The standard InChI is InChI=1S/C19H17N5O3/c1-11-13-5-3-4-6-14(13)23-17(21-11)10-20-18(25)22-12-7-8-15-16(9-12)27-19(26)24(15)2/h3-9H,10H2,1-2H3,(H2,20,22,25). The van der Waals surface area contributed by atoms with Gasteiger partial charge >= 0.3 is 11.8 Å². The fraction of sp³-hybridized carbons (Fsp3) is 0.158. The summed E-state index contributed by atoms with van der Waals surface area (Å²) in [4.78, 5) is 32.6. The highest BCUT2D eigenvalue weighted by molar-refractivity contribution is 5.91. The molecule has 0 aliphatic rings. The summed E-state index contributed by atoms with van der Waals surface area (Å²) in [6.45, 7) is 2.11. The van der Waals surface area contributed by atoms with Gasteiger partial charge in [-0.15, -0.1) is 0 Å². The van der Waals surface area contributed by atoms with E-state index < -0.39 is 11.8 Å². The zero-order valence-corrected chi connectivity index (χ0v) is 14.8. The first kappa shape index (κ1) is 16.8. The van der Waals surface area contributed by atoms with Crippen LogP contribution in [0.2, 0.25) is 0 Å². The number of amides is 2. The van der Waals surface area contributed by atoms with Crippen LogP contribution in [-0.2, 0) is 13.6 Å². The summed E-state index contributed by atoms with van der Waals surface area (Å²) in [5.74, 6) is 0.0845. The number of rotatable bonds is 3. The highest BCUT2D eigenvalue weighted by Crippen LogP contribution is 2.18. The van der Waals surface area contributed by atoms with Gasteiger partial charge in [0, 0.05) is 29.9 Å². The number of aryl methyl sites for hydroxylation is 2. The smallest absolute Gasteiger partial charge is 0.408 e. The zero-order chi connectivity index (χ0) is 19.0. The normalized spacial score (nSPS) is 11.0. The number of fused-ring (bicyclic) bond motifs is 2. The Balaban J connectivity index is 1.46. The van der Waals surface area contributed by atoms with Gasteiger partial charge in [-0.25, -0.2) is 19.6 Å². The number of urea groups is 1. The molecule has 0 fully saturated rings. The van der Waals surface area contributed by atoms with E-state index in [9.17, 15) is 9.59 Å². The van der Waals surface area contributed by atoms with E-state index in [-0.39, 0.29) is 6.54 Å². The molecule has 0 atom stereocenters. The molecule has 0 bridgehead atoms. The van der Waals surface area contributed by atoms with Crippen LogP contribution in [0.4, 0.5) is 10.5 Å². The van der Waals surface area contributed by atoms with Crippen LogP contribution in [0.5, 0.6) is 0 Å². The fourth-order valence-electron chi connectivity index (χ4n) is 2.92. The van der Waals surface area contributed by atoms with Crippen LogP contribution < -0.4 is 16.4 Å². The molecular formula is C19H17N5O3. The topological polar surface area (TPSA) is 102 Å². The average Bonchev–Trinajstić information content (AvgIpc) is 2.93. The van der Waals surface area contributed by atoms with E-state index >= 15 is 0 Å². The monoisotopic (exact) mass is 363 g/mol. The average molecular weight is 363 g/mol. The van der Waals surface area contributed by atoms with Crippen molar-refractivity contribution in [1.29, 1.82) is 0 Å². The number of hydrogen-bond donors (Lipinski definition) is 2. The van der Waals surface area contributed by atoms with Gasteiger partial charge in [0.2, 0.25) is 0 Å². The van der Waals surface area contributed by atoms with Gasteiger partial charge in [-0.05, 0) is 25.1 Å². The van der Waals surface area contributed by atoms with Gasteiger partial charge in [0.1, 0.15) is 5.82 Å². The van der Waals surface area contributed by atoms with Crippen molar-refractivity contribution in [2.75, 3.05) is 5.32 Å². The molecule has 2 heterocycles. The van der Waals surface area contributed by atoms with Gasteiger partial charge in [-0.2, -0.15) is 0 Å². The number of carbonyl (C=O) groups excluding carboxylic acids is 1. The Morgan fingerprint density at radius 2 is 2.00 bits per heavy atom. The van der Waals surface area contributed by atoms with Crippen molar-refractivity contribution >= 4 is 33.7 Å². The van der Waals surface area contributed by atoms with E-state index in [0.29, 0.717) is 22.6 Å². The molecule has 0 aliphatic carbocycles. The number of nitrogens with one attached hydrogen (secondary N) is 2. The quantitative estimate of drug-likeness (QED) is 0.583. The SMILES string of the molecule is Cc1nc(CNC(=O)Nc2ccc3c(c2)oc(=O)n3C)nc2ccccc12. The van der Waals surface area contributed by atoms with Crippen LogP contribution in [0.15, 0.2) is 51.7 Å². The third kappa shape index (κ3) is 3.24. The van der Waals surface area contributed by atoms with Crippen molar-refractivity contribution in [2.24, 2.45) is 7.05 Å². The number of para-hydroxylation sites is 1. The fourth-order valence-corrected chi connectivity index (χ4v) is 2.92. The minimum absolute atomic E-state index is 0.195. The molecule has 0 aliphatic heterocycles. The molecule has 4 aromatic rings. The van der Waals surface area contributed by atoms with Crippen LogP contribution in [0, 0.1) is 6.92 Å². The molecule has 2 aromatic heterocycles. The number of nitrogens with zero attached hydrogens (tertiary/aromatic N) is 3. The van der Waals surface area contributed by atoms with Crippen molar-refractivity contribution in [3.8, 4) is 0 Å². The Kier molecular flexibility index (Phi) is 4.08. The molecule has 0 unspecified atom stereocenters. The maximum absolute atomic E-state index is 12.2. The first-order chi connectivity index (χ1) is 13.0. The van der Waals surface area contributed by atoms with E-state index in [1.165, 1.54) is 4.57 Å². The van der Waals surface area contributed by atoms with Crippen LogP contribution in [-0.4, -0.2) is 20.6 Å². The van der Waals surface area contributed by atoms with Gasteiger partial charge in [0.25, 0.3) is 0 Å². The summed E-state index contributed by atoms with van der Waals surface area (Å²) < 4.78 is 6.52. The van der Waals surface area contributed by atoms with E-state index in [0.717, 1.165) is 16.6 Å².